The van der Waals surface area contributed by atoms with Crippen molar-refractivity contribution in [2.24, 2.45) is 11.8 Å². The predicted molar refractivity (Wildman–Crippen MR) is 119 cm³/mol. The van der Waals surface area contributed by atoms with Crippen molar-refractivity contribution in [3.05, 3.63) is 48.2 Å². The van der Waals surface area contributed by atoms with Crippen LogP contribution in [0.4, 0.5) is 0 Å². The average molecular weight is 394 g/mol. The van der Waals surface area contributed by atoms with E-state index in [-0.39, 0.29) is 11.9 Å². The van der Waals surface area contributed by atoms with Crippen molar-refractivity contribution < 1.29 is 9.53 Å². The fourth-order valence-electron chi connectivity index (χ4n) is 4.14. The molecule has 1 heterocycles. The molecule has 3 nitrogen and oxygen atoms in total. The lowest BCUT2D eigenvalue weighted by Crippen LogP contribution is -2.33. The number of carbonyl (C=O) groups is 1. The van der Waals surface area contributed by atoms with E-state index in [0.717, 1.165) is 30.5 Å². The molecule has 0 unspecified atom stereocenters. The molecule has 0 aliphatic heterocycles. The third-order valence-corrected chi connectivity index (χ3v) is 6.03. The van der Waals surface area contributed by atoms with E-state index in [1.54, 1.807) is 0 Å². The second kappa shape index (κ2) is 11.1. The zero-order valence-electron chi connectivity index (χ0n) is 18.0. The largest absolute Gasteiger partial charge is 0.426 e. The lowest BCUT2D eigenvalue weighted by atomic mass is 9.73. The van der Waals surface area contributed by atoms with Gasteiger partial charge in [-0.2, -0.15) is 0 Å². The van der Waals surface area contributed by atoms with Crippen LogP contribution in [0.2, 0.25) is 0 Å². The number of hydrogen-bond acceptors (Lipinski definition) is 3. The Morgan fingerprint density at radius 3 is 2.38 bits per heavy atom. The molecule has 0 saturated heterocycles. The topological polar surface area (TPSA) is 39.2 Å². The van der Waals surface area contributed by atoms with Crippen LogP contribution in [0.15, 0.2) is 42.6 Å². The second-order valence-corrected chi connectivity index (χ2v) is 8.48. The zero-order chi connectivity index (χ0) is 20.5. The molecule has 1 aromatic heterocycles. The average Bonchev–Trinajstić information content (AvgIpc) is 2.71. The smallest absolute Gasteiger partial charge is 0.314 e. The van der Waals surface area contributed by atoms with Crippen molar-refractivity contribution in [3.8, 4) is 17.0 Å². The third kappa shape index (κ3) is 6.42. The van der Waals surface area contributed by atoms with Gasteiger partial charge < -0.3 is 4.74 Å². The van der Waals surface area contributed by atoms with Crippen LogP contribution in [0.1, 0.15) is 77.2 Å². The number of hydrogen-bond donors (Lipinski definition) is 0. The van der Waals surface area contributed by atoms with Gasteiger partial charge in [-0.25, -0.2) is 0 Å². The maximum absolute atomic E-state index is 12.2. The summed E-state index contributed by atoms with van der Waals surface area (Å²) in [5.41, 5.74) is 3.31. The highest BCUT2D eigenvalue weighted by atomic mass is 16.5. The van der Waals surface area contributed by atoms with Crippen LogP contribution in [0.25, 0.3) is 11.3 Å². The number of esters is 1. The fraction of sp³-hybridized carbons (Fsp3) is 0.538. The first-order chi connectivity index (χ1) is 14.2. The molecule has 0 radical (unpaired) electrons. The highest BCUT2D eigenvalue weighted by molar-refractivity contribution is 5.76. The van der Waals surface area contributed by atoms with Gasteiger partial charge in [0, 0.05) is 11.8 Å². The van der Waals surface area contributed by atoms with Crippen molar-refractivity contribution in [1.29, 1.82) is 0 Å². The summed E-state index contributed by atoms with van der Waals surface area (Å²) in [6.07, 6.45) is 14.0. The van der Waals surface area contributed by atoms with Gasteiger partial charge >= 0.3 is 5.97 Å². The van der Waals surface area contributed by atoms with Crippen LogP contribution in [0.3, 0.4) is 0 Å². The van der Waals surface area contributed by atoms with E-state index in [1.807, 2.05) is 30.5 Å². The molecule has 156 valence electrons. The Kier molecular flexibility index (Phi) is 8.27. The third-order valence-electron chi connectivity index (χ3n) is 6.03. The van der Waals surface area contributed by atoms with Gasteiger partial charge in [0.15, 0.2) is 0 Å². The molecule has 1 aromatic carbocycles. The van der Waals surface area contributed by atoms with Gasteiger partial charge in [0.1, 0.15) is 5.75 Å². The Morgan fingerprint density at radius 2 is 1.72 bits per heavy atom. The minimum absolute atomic E-state index is 0.0773. The molecule has 1 saturated carbocycles. The van der Waals surface area contributed by atoms with Crippen molar-refractivity contribution in [2.45, 2.75) is 78.1 Å². The molecule has 0 N–H and O–H groups in total. The van der Waals surface area contributed by atoms with E-state index < -0.39 is 0 Å². The number of unbranched alkanes of at least 4 members (excludes halogenated alkanes) is 4. The van der Waals surface area contributed by atoms with Crippen LogP contribution >= 0.6 is 0 Å². The lowest BCUT2D eigenvalue weighted by Gasteiger charge is -2.33. The first-order valence-corrected chi connectivity index (χ1v) is 11.5. The minimum Gasteiger partial charge on any atom is -0.426 e. The van der Waals surface area contributed by atoms with Gasteiger partial charge in [-0.3, -0.25) is 9.78 Å². The summed E-state index contributed by atoms with van der Waals surface area (Å²) in [6.45, 7) is 4.44. The summed E-state index contributed by atoms with van der Waals surface area (Å²) in [5.74, 6) is 1.35. The SMILES string of the molecule is CCCCCCCc1ccc(-c2ccc(OC(=O)C3CC(CCC)C3)cc2)nc1. The maximum atomic E-state index is 12.2. The molecular formula is C26H35NO2. The molecule has 3 heteroatoms. The molecule has 0 atom stereocenters. The van der Waals surface area contributed by atoms with E-state index >= 15 is 0 Å². The molecule has 0 amide bonds. The number of ether oxygens (including phenoxy) is 1. The van der Waals surface area contributed by atoms with Crippen molar-refractivity contribution in [1.82, 2.24) is 4.98 Å². The van der Waals surface area contributed by atoms with Crippen molar-refractivity contribution >= 4 is 5.97 Å². The molecule has 2 aromatic rings. The summed E-state index contributed by atoms with van der Waals surface area (Å²) in [6, 6.07) is 12.0. The number of nitrogens with zero attached hydrogens (tertiary/aromatic N) is 1. The first kappa shape index (κ1) is 21.5. The monoisotopic (exact) mass is 393 g/mol. The van der Waals surface area contributed by atoms with Crippen molar-refractivity contribution in [2.75, 3.05) is 0 Å². The van der Waals surface area contributed by atoms with Gasteiger partial charge in [0.2, 0.25) is 0 Å². The van der Waals surface area contributed by atoms with Crippen molar-refractivity contribution in [3.63, 3.8) is 0 Å². The van der Waals surface area contributed by atoms with Gasteiger partial charge in [-0.15, -0.1) is 0 Å². The van der Waals surface area contributed by atoms with Gasteiger partial charge in [-0.1, -0.05) is 58.4 Å². The Bertz CT molecular complexity index is 745. The summed E-state index contributed by atoms with van der Waals surface area (Å²) in [4.78, 5) is 16.9. The molecule has 1 aliphatic carbocycles. The highest BCUT2D eigenvalue weighted by Gasteiger charge is 2.35. The molecule has 1 fully saturated rings. The second-order valence-electron chi connectivity index (χ2n) is 8.48. The Labute approximate surface area is 175 Å². The van der Waals surface area contributed by atoms with E-state index in [0.29, 0.717) is 11.7 Å². The molecule has 0 bridgehead atoms. The van der Waals surface area contributed by atoms with Crippen LogP contribution in [0, 0.1) is 11.8 Å². The number of benzene rings is 1. The predicted octanol–water partition coefficient (Wildman–Crippen LogP) is 6.99. The minimum atomic E-state index is -0.0773. The van der Waals surface area contributed by atoms with Crippen LogP contribution in [0.5, 0.6) is 5.75 Å². The number of rotatable bonds is 11. The van der Waals surface area contributed by atoms with E-state index in [4.69, 9.17) is 4.74 Å². The zero-order valence-corrected chi connectivity index (χ0v) is 18.0. The summed E-state index contributed by atoms with van der Waals surface area (Å²) in [7, 11) is 0. The quantitative estimate of drug-likeness (QED) is 0.234. The van der Waals surface area contributed by atoms with Crippen LogP contribution < -0.4 is 4.74 Å². The Hall–Kier alpha value is -2.16. The lowest BCUT2D eigenvalue weighted by molar-refractivity contribution is -0.143. The van der Waals surface area contributed by atoms with Gasteiger partial charge in [0.05, 0.1) is 11.6 Å². The number of carbonyl (C=O) groups excluding carboxylic acids is 1. The fourth-order valence-corrected chi connectivity index (χ4v) is 4.14. The summed E-state index contributed by atoms with van der Waals surface area (Å²) < 4.78 is 5.57. The Balaban J connectivity index is 1.46. The standard InChI is InChI=1S/C26H35NO2/c1-3-5-6-7-8-10-20-11-16-25(27-19-20)22-12-14-24(15-13-22)29-26(28)23-17-21(18-23)9-4-2/h11-16,19,21,23H,3-10,17-18H2,1-2H3. The molecule has 29 heavy (non-hydrogen) atoms. The number of pyridine rings is 1. The van der Waals surface area contributed by atoms with Crippen LogP contribution in [-0.2, 0) is 11.2 Å². The number of aryl methyl sites for hydroxylation is 1. The first-order valence-electron chi connectivity index (χ1n) is 11.5. The van der Waals surface area contributed by atoms with E-state index in [1.165, 1.54) is 50.5 Å². The molecular weight excluding hydrogens is 358 g/mol. The summed E-state index contributed by atoms with van der Waals surface area (Å²) >= 11 is 0. The van der Waals surface area contributed by atoms with Crippen LogP contribution in [-0.4, -0.2) is 11.0 Å². The van der Waals surface area contributed by atoms with E-state index in [9.17, 15) is 4.79 Å². The molecule has 0 spiro atoms. The van der Waals surface area contributed by atoms with Gasteiger partial charge in [-0.05, 0) is 67.5 Å². The molecule has 1 aliphatic rings. The number of aromatic nitrogens is 1. The molecule has 3 rings (SSSR count). The highest BCUT2D eigenvalue weighted by Crippen LogP contribution is 2.37. The van der Waals surface area contributed by atoms with E-state index in [2.05, 4.69) is 31.0 Å². The maximum Gasteiger partial charge on any atom is 0.314 e. The summed E-state index contributed by atoms with van der Waals surface area (Å²) in [5, 5.41) is 0. The van der Waals surface area contributed by atoms with Gasteiger partial charge in [0.25, 0.3) is 0 Å². The Morgan fingerprint density at radius 1 is 0.966 bits per heavy atom. The normalized spacial score (nSPS) is 18.3.